The van der Waals surface area contributed by atoms with Gasteiger partial charge in [-0.25, -0.2) is 4.79 Å². The third kappa shape index (κ3) is 3.38. The molecule has 2 saturated heterocycles. The fraction of sp³-hybridized carbons (Fsp3) is 0.952. The van der Waals surface area contributed by atoms with Crippen molar-refractivity contribution in [2.24, 2.45) is 23.7 Å². The summed E-state index contributed by atoms with van der Waals surface area (Å²) in [5, 5.41) is 6.61. The highest BCUT2D eigenvalue weighted by molar-refractivity contribution is 5.74. The molecule has 6 nitrogen and oxygen atoms in total. The first-order chi connectivity index (χ1) is 13.3. The Morgan fingerprint density at radius 2 is 1.70 bits per heavy atom. The lowest BCUT2D eigenvalue weighted by Crippen LogP contribution is -2.62. The van der Waals surface area contributed by atoms with Gasteiger partial charge in [0.05, 0.1) is 13.2 Å². The zero-order valence-electron chi connectivity index (χ0n) is 16.5. The lowest BCUT2D eigenvalue weighted by Gasteiger charge is -2.48. The molecule has 0 aromatic rings. The van der Waals surface area contributed by atoms with Crippen molar-refractivity contribution in [3.05, 3.63) is 0 Å². The number of amides is 2. The quantitative estimate of drug-likeness (QED) is 0.787. The maximum absolute atomic E-state index is 12.7. The minimum atomic E-state index is 0.0323. The Morgan fingerprint density at radius 3 is 2.52 bits per heavy atom. The van der Waals surface area contributed by atoms with Crippen molar-refractivity contribution >= 4 is 6.03 Å². The van der Waals surface area contributed by atoms with Crippen LogP contribution in [0.2, 0.25) is 0 Å². The average Bonchev–Trinajstić information content (AvgIpc) is 3.41. The molecular weight excluding hydrogens is 342 g/mol. The van der Waals surface area contributed by atoms with Crippen LogP contribution in [-0.2, 0) is 9.47 Å². The lowest BCUT2D eigenvalue weighted by molar-refractivity contribution is -0.0691. The number of carbonyl (C=O) groups is 1. The highest BCUT2D eigenvalue weighted by Crippen LogP contribution is 2.58. The van der Waals surface area contributed by atoms with E-state index in [0.717, 1.165) is 82.6 Å². The van der Waals surface area contributed by atoms with Crippen LogP contribution in [0.4, 0.5) is 4.79 Å². The summed E-state index contributed by atoms with van der Waals surface area (Å²) in [6, 6.07) is 0.449. The standard InChI is InChI=1S/C21H35N3O3/c25-20(23-19-13-15-12-18(19)17-3-1-2-16(15)17)22-14-21(4-8-26-9-5-21)24-6-10-27-11-7-24/h15-19H,1-14H2,(H2,22,23,25)/t15-,16+,17+,18+,19-/m1/s1. The molecule has 2 heterocycles. The van der Waals surface area contributed by atoms with Crippen LogP contribution in [0, 0.1) is 23.7 Å². The van der Waals surface area contributed by atoms with Crippen LogP contribution in [0.5, 0.6) is 0 Å². The van der Waals surface area contributed by atoms with Crippen LogP contribution >= 0.6 is 0 Å². The Hall–Kier alpha value is -0.850. The maximum atomic E-state index is 12.7. The zero-order valence-corrected chi connectivity index (χ0v) is 16.5. The number of fused-ring (bicyclic) bond motifs is 5. The lowest BCUT2D eigenvalue weighted by atomic mass is 9.79. The molecule has 5 fully saturated rings. The van der Waals surface area contributed by atoms with E-state index in [1.165, 1.54) is 32.1 Å². The SMILES string of the molecule is O=C(NCC1(N2CCOCC2)CCOCC1)N[C@@H]1C[C@H]2C[C@H]1[C@H]1CCC[C@@H]21. The number of rotatable bonds is 4. The van der Waals surface area contributed by atoms with Crippen molar-refractivity contribution in [3.8, 4) is 0 Å². The summed E-state index contributed by atoms with van der Waals surface area (Å²) in [4.78, 5) is 15.3. The number of urea groups is 1. The van der Waals surface area contributed by atoms with Crippen LogP contribution < -0.4 is 10.6 Å². The molecule has 0 spiro atoms. The first-order valence-corrected chi connectivity index (χ1v) is 11.2. The third-order valence-corrected chi connectivity index (χ3v) is 8.43. The molecule has 5 aliphatic rings. The van der Waals surface area contributed by atoms with Gasteiger partial charge in [-0.2, -0.15) is 0 Å². The molecule has 0 aromatic heterocycles. The molecule has 6 heteroatoms. The van der Waals surface area contributed by atoms with Gasteiger partial charge in [-0.3, -0.25) is 4.90 Å². The molecule has 5 atom stereocenters. The van der Waals surface area contributed by atoms with Gasteiger partial charge in [-0.15, -0.1) is 0 Å². The fourth-order valence-electron chi connectivity index (χ4n) is 7.09. The summed E-state index contributed by atoms with van der Waals surface area (Å²) in [7, 11) is 0. The third-order valence-electron chi connectivity index (χ3n) is 8.43. The molecule has 27 heavy (non-hydrogen) atoms. The smallest absolute Gasteiger partial charge is 0.315 e. The first kappa shape index (κ1) is 18.2. The molecule has 3 aliphatic carbocycles. The van der Waals surface area contributed by atoms with Crippen LogP contribution in [0.15, 0.2) is 0 Å². The number of hydrogen-bond donors (Lipinski definition) is 2. The van der Waals surface area contributed by atoms with E-state index >= 15 is 0 Å². The van der Waals surface area contributed by atoms with Crippen LogP contribution in [-0.4, -0.2) is 68.6 Å². The van der Waals surface area contributed by atoms with E-state index in [2.05, 4.69) is 15.5 Å². The Morgan fingerprint density at radius 1 is 0.963 bits per heavy atom. The van der Waals surface area contributed by atoms with Gasteiger partial charge >= 0.3 is 6.03 Å². The van der Waals surface area contributed by atoms with Gasteiger partial charge in [0.1, 0.15) is 0 Å². The first-order valence-electron chi connectivity index (χ1n) is 11.2. The molecule has 152 valence electrons. The van der Waals surface area contributed by atoms with Crippen LogP contribution in [0.25, 0.3) is 0 Å². The average molecular weight is 378 g/mol. The summed E-state index contributed by atoms with van der Waals surface area (Å²) >= 11 is 0. The highest BCUT2D eigenvalue weighted by Gasteiger charge is 2.54. The molecular formula is C21H35N3O3. The van der Waals surface area contributed by atoms with Crippen molar-refractivity contribution in [2.75, 3.05) is 46.1 Å². The summed E-state index contributed by atoms with van der Waals surface area (Å²) < 4.78 is 11.2. The Labute approximate surface area is 162 Å². The van der Waals surface area contributed by atoms with Crippen LogP contribution in [0.3, 0.4) is 0 Å². The van der Waals surface area contributed by atoms with Gasteiger partial charge in [0, 0.05) is 44.4 Å². The van der Waals surface area contributed by atoms with Gasteiger partial charge in [-0.1, -0.05) is 6.42 Å². The second kappa shape index (κ2) is 7.53. The van der Waals surface area contributed by atoms with E-state index in [1.54, 1.807) is 0 Å². The minimum Gasteiger partial charge on any atom is -0.381 e. The van der Waals surface area contributed by atoms with Crippen molar-refractivity contribution in [2.45, 2.75) is 56.5 Å². The molecule has 3 saturated carbocycles. The van der Waals surface area contributed by atoms with E-state index in [0.29, 0.717) is 6.04 Å². The van der Waals surface area contributed by atoms with Gasteiger partial charge in [0.25, 0.3) is 0 Å². The second-order valence-corrected chi connectivity index (χ2v) is 9.52. The predicted molar refractivity (Wildman–Crippen MR) is 103 cm³/mol. The van der Waals surface area contributed by atoms with Crippen LogP contribution in [0.1, 0.15) is 44.9 Å². The molecule has 2 N–H and O–H groups in total. The van der Waals surface area contributed by atoms with Crippen molar-refractivity contribution in [3.63, 3.8) is 0 Å². The van der Waals surface area contributed by atoms with Gasteiger partial charge in [0.15, 0.2) is 0 Å². The Balaban J connectivity index is 1.17. The summed E-state index contributed by atoms with van der Waals surface area (Å²) in [5.74, 6) is 3.49. The van der Waals surface area contributed by atoms with Gasteiger partial charge in [0.2, 0.25) is 0 Å². The minimum absolute atomic E-state index is 0.0323. The summed E-state index contributed by atoms with van der Waals surface area (Å²) in [5.41, 5.74) is 0.0323. The van der Waals surface area contributed by atoms with E-state index in [9.17, 15) is 4.79 Å². The monoisotopic (exact) mass is 377 g/mol. The molecule has 2 amide bonds. The number of hydrogen-bond acceptors (Lipinski definition) is 4. The fourth-order valence-corrected chi connectivity index (χ4v) is 7.09. The molecule has 0 radical (unpaired) electrons. The predicted octanol–water partition coefficient (Wildman–Crippen LogP) is 1.99. The van der Waals surface area contributed by atoms with E-state index in [1.807, 2.05) is 0 Å². The number of carbonyl (C=O) groups excluding carboxylic acids is 1. The van der Waals surface area contributed by atoms with Crippen molar-refractivity contribution in [1.29, 1.82) is 0 Å². The maximum Gasteiger partial charge on any atom is 0.315 e. The van der Waals surface area contributed by atoms with E-state index in [4.69, 9.17) is 9.47 Å². The van der Waals surface area contributed by atoms with Crippen molar-refractivity contribution in [1.82, 2.24) is 15.5 Å². The summed E-state index contributed by atoms with van der Waals surface area (Å²) in [6.07, 6.45) is 8.79. The van der Waals surface area contributed by atoms with E-state index in [-0.39, 0.29) is 11.6 Å². The zero-order chi connectivity index (χ0) is 18.3. The number of nitrogens with one attached hydrogen (secondary N) is 2. The van der Waals surface area contributed by atoms with Crippen molar-refractivity contribution < 1.29 is 14.3 Å². The van der Waals surface area contributed by atoms with Gasteiger partial charge in [-0.05, 0) is 62.2 Å². The molecule has 0 aromatic carbocycles. The molecule has 0 unspecified atom stereocenters. The molecule has 2 bridgehead atoms. The second-order valence-electron chi connectivity index (χ2n) is 9.52. The number of ether oxygens (including phenoxy) is 2. The number of nitrogens with zero attached hydrogens (tertiary/aromatic N) is 1. The van der Waals surface area contributed by atoms with Gasteiger partial charge < -0.3 is 20.1 Å². The normalized spacial score (nSPS) is 40.7. The van der Waals surface area contributed by atoms with E-state index < -0.39 is 0 Å². The summed E-state index contributed by atoms with van der Waals surface area (Å²) in [6.45, 7) is 5.80. The molecule has 2 aliphatic heterocycles. The molecule has 5 rings (SSSR count). The topological polar surface area (TPSA) is 62.8 Å². The Kier molecular flexibility index (Phi) is 5.07. The Bertz CT molecular complexity index is 545. The largest absolute Gasteiger partial charge is 0.381 e. The highest BCUT2D eigenvalue weighted by atomic mass is 16.5. The number of morpholine rings is 1.